The van der Waals surface area contributed by atoms with Gasteiger partial charge in [-0.1, -0.05) is 31.0 Å². The second-order valence-electron chi connectivity index (χ2n) is 5.11. The molecule has 0 saturated carbocycles. The van der Waals surface area contributed by atoms with Gasteiger partial charge in [-0.3, -0.25) is 4.18 Å². The minimum atomic E-state index is -3.98. The Morgan fingerprint density at radius 2 is 1.85 bits per heavy atom. The molecule has 5 nitrogen and oxygen atoms in total. The molecule has 0 fully saturated rings. The molecule has 0 spiro atoms. The van der Waals surface area contributed by atoms with E-state index in [1.165, 1.54) is 19.1 Å². The van der Waals surface area contributed by atoms with E-state index in [9.17, 15) is 13.5 Å². The van der Waals surface area contributed by atoms with Crippen molar-refractivity contribution >= 4 is 10.1 Å². The van der Waals surface area contributed by atoms with E-state index in [-0.39, 0.29) is 4.90 Å². The largest absolute Gasteiger partial charge is 0.394 e. The van der Waals surface area contributed by atoms with Crippen LogP contribution < -0.4 is 0 Å². The Labute approximate surface area is 120 Å². The van der Waals surface area contributed by atoms with Crippen LogP contribution in [-0.2, 0) is 14.3 Å². The molecule has 0 amide bonds. The van der Waals surface area contributed by atoms with E-state index >= 15 is 0 Å². The summed E-state index contributed by atoms with van der Waals surface area (Å²) in [6, 6.07) is 6.27. The summed E-state index contributed by atoms with van der Waals surface area (Å²) >= 11 is 0. The van der Waals surface area contributed by atoms with E-state index in [0.29, 0.717) is 12.8 Å². The molecule has 0 aromatic heterocycles. The lowest BCUT2D eigenvalue weighted by molar-refractivity contribution is -0.0670. The third-order valence-corrected chi connectivity index (χ3v) is 4.68. The molecular weight excluding hydrogens is 280 g/mol. The van der Waals surface area contributed by atoms with Crippen LogP contribution in [0.2, 0.25) is 0 Å². The maximum absolute atomic E-state index is 12.2. The van der Waals surface area contributed by atoms with Crippen LogP contribution in [0.1, 0.15) is 32.3 Å². The minimum absolute atomic E-state index is 0.0376. The topological polar surface area (TPSA) is 83.8 Å². The van der Waals surface area contributed by atoms with Crippen LogP contribution in [0, 0.1) is 6.92 Å². The summed E-state index contributed by atoms with van der Waals surface area (Å²) in [7, 11) is -3.98. The predicted octanol–water partition coefficient (Wildman–Crippen LogP) is 1.61. The predicted molar refractivity (Wildman–Crippen MR) is 75.9 cm³/mol. The van der Waals surface area contributed by atoms with Gasteiger partial charge in [0.15, 0.2) is 0 Å². The fraction of sp³-hybridized carbons (Fsp3) is 0.571. The molecule has 20 heavy (non-hydrogen) atoms. The summed E-state index contributed by atoms with van der Waals surface area (Å²) in [6.45, 7) is 4.64. The molecule has 6 heteroatoms. The fourth-order valence-electron chi connectivity index (χ4n) is 1.96. The van der Waals surface area contributed by atoms with Gasteiger partial charge in [0.1, 0.15) is 11.7 Å². The van der Waals surface area contributed by atoms with E-state index in [0.717, 1.165) is 5.56 Å². The third-order valence-electron chi connectivity index (χ3n) is 3.23. The van der Waals surface area contributed by atoms with Crippen LogP contribution in [0.25, 0.3) is 0 Å². The van der Waals surface area contributed by atoms with Crippen molar-refractivity contribution < 1.29 is 22.8 Å². The first kappa shape index (κ1) is 17.1. The van der Waals surface area contributed by atoms with E-state index in [1.807, 2.05) is 13.8 Å². The molecule has 2 atom stereocenters. The third kappa shape index (κ3) is 4.02. The molecule has 0 saturated heterocycles. The number of hydrogen-bond donors (Lipinski definition) is 2. The maximum atomic E-state index is 12.2. The lowest BCUT2D eigenvalue weighted by Gasteiger charge is -2.32. The first-order valence-corrected chi connectivity index (χ1v) is 7.97. The zero-order valence-corrected chi connectivity index (χ0v) is 12.9. The van der Waals surface area contributed by atoms with Crippen LogP contribution in [0.15, 0.2) is 29.2 Å². The van der Waals surface area contributed by atoms with Crippen LogP contribution in [0.3, 0.4) is 0 Å². The second-order valence-corrected chi connectivity index (χ2v) is 6.66. The average Bonchev–Trinajstić information content (AvgIpc) is 2.37. The SMILES string of the molecule is CCCC(C)(OS(=O)(=O)c1ccc(C)cc1)C(O)CO. The molecule has 2 unspecified atom stereocenters. The van der Waals surface area contributed by atoms with Crippen LogP contribution >= 0.6 is 0 Å². The quantitative estimate of drug-likeness (QED) is 0.748. The molecule has 1 aromatic carbocycles. The normalized spacial score (nSPS) is 16.6. The summed E-state index contributed by atoms with van der Waals surface area (Å²) in [4.78, 5) is 0.0376. The summed E-state index contributed by atoms with van der Waals surface area (Å²) in [5.41, 5.74) is -0.400. The van der Waals surface area contributed by atoms with E-state index in [1.54, 1.807) is 12.1 Å². The van der Waals surface area contributed by atoms with Gasteiger partial charge in [-0.15, -0.1) is 0 Å². The Morgan fingerprint density at radius 3 is 2.30 bits per heavy atom. The highest BCUT2D eigenvalue weighted by Gasteiger charge is 2.38. The van der Waals surface area contributed by atoms with Gasteiger partial charge in [0.25, 0.3) is 10.1 Å². The Hall–Kier alpha value is -0.950. The zero-order chi connectivity index (χ0) is 15.4. The Morgan fingerprint density at radius 1 is 1.30 bits per heavy atom. The summed E-state index contributed by atoms with van der Waals surface area (Å²) in [5.74, 6) is 0. The molecule has 1 rings (SSSR count). The first-order valence-electron chi connectivity index (χ1n) is 6.56. The molecule has 0 bridgehead atoms. The molecule has 1 aromatic rings. The molecular formula is C14H22O5S. The number of aliphatic hydroxyl groups excluding tert-OH is 2. The van der Waals surface area contributed by atoms with Gasteiger partial charge in [0, 0.05) is 0 Å². The van der Waals surface area contributed by atoms with Gasteiger partial charge >= 0.3 is 0 Å². The van der Waals surface area contributed by atoms with Crippen molar-refractivity contribution in [2.24, 2.45) is 0 Å². The van der Waals surface area contributed by atoms with Crippen molar-refractivity contribution in [3.63, 3.8) is 0 Å². The van der Waals surface area contributed by atoms with Crippen molar-refractivity contribution in [3.8, 4) is 0 Å². The van der Waals surface area contributed by atoms with Crippen LogP contribution in [-0.4, -0.2) is 36.9 Å². The highest BCUT2D eigenvalue weighted by Crippen LogP contribution is 2.28. The van der Waals surface area contributed by atoms with Crippen molar-refractivity contribution in [2.45, 2.75) is 50.2 Å². The Bertz CT molecular complexity index is 523. The summed E-state index contributed by atoms with van der Waals surface area (Å²) in [6.07, 6.45) is -0.320. The molecule has 114 valence electrons. The van der Waals surface area contributed by atoms with Crippen molar-refractivity contribution in [1.82, 2.24) is 0 Å². The standard InChI is InChI=1S/C14H22O5S/c1-4-9-14(3,13(16)10-15)19-20(17,18)12-7-5-11(2)6-8-12/h5-8,13,15-16H,4,9-10H2,1-3H3. The number of aliphatic hydroxyl groups is 2. The van der Waals surface area contributed by atoms with Gasteiger partial charge in [-0.25, -0.2) is 0 Å². The summed E-state index contributed by atoms with van der Waals surface area (Å²) < 4.78 is 29.7. The lowest BCUT2D eigenvalue weighted by atomic mass is 9.94. The summed E-state index contributed by atoms with van der Waals surface area (Å²) in [5, 5.41) is 18.9. The van der Waals surface area contributed by atoms with E-state index in [4.69, 9.17) is 9.29 Å². The average molecular weight is 302 g/mol. The van der Waals surface area contributed by atoms with Gasteiger partial charge in [0.05, 0.1) is 11.5 Å². The molecule has 2 N–H and O–H groups in total. The zero-order valence-electron chi connectivity index (χ0n) is 12.0. The van der Waals surface area contributed by atoms with Gasteiger partial charge in [-0.2, -0.15) is 8.42 Å². The van der Waals surface area contributed by atoms with Crippen molar-refractivity contribution in [1.29, 1.82) is 0 Å². The van der Waals surface area contributed by atoms with Gasteiger partial charge in [0.2, 0.25) is 0 Å². The van der Waals surface area contributed by atoms with Crippen LogP contribution in [0.5, 0.6) is 0 Å². The first-order chi connectivity index (χ1) is 9.25. The molecule has 0 aliphatic carbocycles. The molecule has 0 radical (unpaired) electrons. The van der Waals surface area contributed by atoms with Gasteiger partial charge in [-0.05, 0) is 32.4 Å². The number of aryl methyl sites for hydroxylation is 1. The number of benzene rings is 1. The molecule has 0 heterocycles. The van der Waals surface area contributed by atoms with E-state index < -0.39 is 28.4 Å². The highest BCUT2D eigenvalue weighted by molar-refractivity contribution is 7.86. The monoisotopic (exact) mass is 302 g/mol. The van der Waals surface area contributed by atoms with Crippen LogP contribution in [0.4, 0.5) is 0 Å². The Kier molecular flexibility index (Phi) is 5.70. The minimum Gasteiger partial charge on any atom is -0.394 e. The lowest BCUT2D eigenvalue weighted by Crippen LogP contribution is -2.45. The molecule has 0 aliphatic heterocycles. The maximum Gasteiger partial charge on any atom is 0.297 e. The fourth-order valence-corrected chi connectivity index (χ4v) is 3.22. The Balaban J connectivity index is 3.06. The molecule has 0 aliphatic rings. The number of rotatable bonds is 7. The van der Waals surface area contributed by atoms with Crippen molar-refractivity contribution in [2.75, 3.05) is 6.61 Å². The van der Waals surface area contributed by atoms with E-state index in [2.05, 4.69) is 0 Å². The second kappa shape index (κ2) is 6.67. The van der Waals surface area contributed by atoms with Gasteiger partial charge < -0.3 is 10.2 Å². The number of hydrogen-bond acceptors (Lipinski definition) is 5. The highest BCUT2D eigenvalue weighted by atomic mass is 32.2. The van der Waals surface area contributed by atoms with Crippen molar-refractivity contribution in [3.05, 3.63) is 29.8 Å². The smallest absolute Gasteiger partial charge is 0.297 e.